The van der Waals surface area contributed by atoms with E-state index in [1.165, 1.54) is 0 Å². The molecule has 1 rings (SSSR count). The summed E-state index contributed by atoms with van der Waals surface area (Å²) in [5.74, 6) is -0.796. The molecule has 0 spiro atoms. The molecule has 0 aromatic heterocycles. The number of hydrogen-bond donors (Lipinski definition) is 2. The van der Waals surface area contributed by atoms with Crippen molar-refractivity contribution < 1.29 is 19.4 Å². The molecule has 116 valence electrons. The second-order valence-electron chi connectivity index (χ2n) is 5.51. The Morgan fingerprint density at radius 3 is 2.80 bits per heavy atom. The number of likely N-dealkylation sites (N-methyl/N-ethyl adjacent to an activating group) is 1. The molecule has 20 heavy (non-hydrogen) atoms. The topological polar surface area (TPSA) is 78.9 Å². The molecule has 1 aliphatic heterocycles. The summed E-state index contributed by atoms with van der Waals surface area (Å²) in [5.41, 5.74) is 0. The number of carboxylic acid groups (broad SMARTS) is 1. The SMILES string of the molecule is CC(CCCC(=O)O)NC(=O)N(C)CC1CCCCO1. The third-order valence-electron chi connectivity index (χ3n) is 3.50. The molecule has 1 fully saturated rings. The molecule has 1 saturated heterocycles. The van der Waals surface area contributed by atoms with Gasteiger partial charge in [-0.3, -0.25) is 4.79 Å². The van der Waals surface area contributed by atoms with Crippen molar-refractivity contribution in [3.05, 3.63) is 0 Å². The average molecular weight is 286 g/mol. The van der Waals surface area contributed by atoms with E-state index in [1.807, 2.05) is 6.92 Å². The Morgan fingerprint density at radius 2 is 2.20 bits per heavy atom. The van der Waals surface area contributed by atoms with Gasteiger partial charge in [0.1, 0.15) is 0 Å². The summed E-state index contributed by atoms with van der Waals surface area (Å²) in [7, 11) is 1.76. The smallest absolute Gasteiger partial charge is 0.317 e. The minimum atomic E-state index is -0.796. The quantitative estimate of drug-likeness (QED) is 0.748. The van der Waals surface area contributed by atoms with E-state index in [4.69, 9.17) is 9.84 Å². The number of nitrogens with zero attached hydrogens (tertiary/aromatic N) is 1. The van der Waals surface area contributed by atoms with Crippen LogP contribution >= 0.6 is 0 Å². The normalized spacial score (nSPS) is 20.2. The van der Waals surface area contributed by atoms with E-state index < -0.39 is 5.97 Å². The highest BCUT2D eigenvalue weighted by Gasteiger charge is 2.19. The van der Waals surface area contributed by atoms with Gasteiger partial charge in [-0.25, -0.2) is 4.79 Å². The third kappa shape index (κ3) is 6.75. The predicted molar refractivity (Wildman–Crippen MR) is 75.7 cm³/mol. The predicted octanol–water partition coefficient (Wildman–Crippen LogP) is 1.84. The van der Waals surface area contributed by atoms with E-state index in [0.717, 1.165) is 25.9 Å². The van der Waals surface area contributed by atoms with Gasteiger partial charge in [-0.05, 0) is 39.0 Å². The van der Waals surface area contributed by atoms with Crippen molar-refractivity contribution in [3.63, 3.8) is 0 Å². The van der Waals surface area contributed by atoms with Gasteiger partial charge in [0.15, 0.2) is 0 Å². The van der Waals surface area contributed by atoms with E-state index in [-0.39, 0.29) is 24.6 Å². The second kappa shape index (κ2) is 8.79. The molecular weight excluding hydrogens is 260 g/mol. The minimum absolute atomic E-state index is 0.0171. The van der Waals surface area contributed by atoms with Crippen LogP contribution in [-0.4, -0.2) is 54.4 Å². The Balaban J connectivity index is 2.20. The van der Waals surface area contributed by atoms with Crippen LogP contribution in [0.1, 0.15) is 45.4 Å². The van der Waals surface area contributed by atoms with Crippen LogP contribution in [0.5, 0.6) is 0 Å². The maximum absolute atomic E-state index is 12.0. The van der Waals surface area contributed by atoms with Crippen LogP contribution < -0.4 is 5.32 Å². The molecule has 2 atom stereocenters. The summed E-state index contributed by atoms with van der Waals surface area (Å²) in [6.45, 7) is 3.28. The average Bonchev–Trinajstić information content (AvgIpc) is 2.39. The van der Waals surface area contributed by atoms with Crippen LogP contribution in [0.25, 0.3) is 0 Å². The number of aliphatic carboxylic acids is 1. The molecule has 6 heteroatoms. The van der Waals surface area contributed by atoms with Crippen molar-refractivity contribution in [2.45, 2.75) is 57.6 Å². The molecule has 2 amide bonds. The first-order chi connectivity index (χ1) is 9.49. The number of nitrogens with one attached hydrogen (secondary N) is 1. The Bertz CT molecular complexity index is 316. The zero-order valence-corrected chi connectivity index (χ0v) is 12.4. The largest absolute Gasteiger partial charge is 0.481 e. The number of ether oxygens (including phenoxy) is 1. The fraction of sp³-hybridized carbons (Fsp3) is 0.857. The van der Waals surface area contributed by atoms with E-state index >= 15 is 0 Å². The second-order valence-corrected chi connectivity index (χ2v) is 5.51. The summed E-state index contributed by atoms with van der Waals surface area (Å²) in [6, 6.07) is -0.140. The van der Waals surface area contributed by atoms with Gasteiger partial charge in [0.2, 0.25) is 0 Å². The van der Waals surface area contributed by atoms with Gasteiger partial charge in [0.25, 0.3) is 0 Å². The van der Waals surface area contributed by atoms with Crippen molar-refractivity contribution in [1.29, 1.82) is 0 Å². The maximum Gasteiger partial charge on any atom is 0.317 e. The van der Waals surface area contributed by atoms with Gasteiger partial charge in [-0.15, -0.1) is 0 Å². The molecule has 0 bridgehead atoms. The number of carboxylic acids is 1. The summed E-state index contributed by atoms with van der Waals surface area (Å²) in [4.78, 5) is 24.0. The third-order valence-corrected chi connectivity index (χ3v) is 3.50. The van der Waals surface area contributed by atoms with E-state index in [9.17, 15) is 9.59 Å². The molecule has 2 N–H and O–H groups in total. The highest BCUT2D eigenvalue weighted by atomic mass is 16.5. The number of urea groups is 1. The van der Waals surface area contributed by atoms with Crippen molar-refractivity contribution in [2.24, 2.45) is 0 Å². The molecular formula is C14H26N2O4. The van der Waals surface area contributed by atoms with E-state index in [1.54, 1.807) is 11.9 Å². The molecule has 0 aromatic carbocycles. The Kier molecular flexibility index (Phi) is 7.36. The van der Waals surface area contributed by atoms with Gasteiger partial charge < -0.3 is 20.1 Å². The van der Waals surface area contributed by atoms with Gasteiger partial charge in [0.05, 0.1) is 6.10 Å². The lowest BCUT2D eigenvalue weighted by molar-refractivity contribution is -0.137. The van der Waals surface area contributed by atoms with Gasteiger partial charge >= 0.3 is 12.0 Å². The van der Waals surface area contributed by atoms with Crippen molar-refractivity contribution in [1.82, 2.24) is 10.2 Å². The Morgan fingerprint density at radius 1 is 1.45 bits per heavy atom. The fourth-order valence-electron chi connectivity index (χ4n) is 2.29. The van der Waals surface area contributed by atoms with Crippen molar-refractivity contribution in [3.8, 4) is 0 Å². The molecule has 6 nitrogen and oxygen atoms in total. The number of rotatable bonds is 7. The zero-order valence-electron chi connectivity index (χ0n) is 12.4. The summed E-state index contributed by atoms with van der Waals surface area (Å²) in [6.07, 6.45) is 4.80. The van der Waals surface area contributed by atoms with Crippen molar-refractivity contribution >= 4 is 12.0 Å². The van der Waals surface area contributed by atoms with Crippen LogP contribution in [0, 0.1) is 0 Å². The summed E-state index contributed by atoms with van der Waals surface area (Å²) in [5, 5.41) is 11.5. The van der Waals surface area contributed by atoms with Gasteiger partial charge in [-0.2, -0.15) is 0 Å². The first-order valence-corrected chi connectivity index (χ1v) is 7.34. The molecule has 0 saturated carbocycles. The first kappa shape index (κ1) is 16.8. The molecule has 1 aliphatic rings. The summed E-state index contributed by atoms with van der Waals surface area (Å²) < 4.78 is 5.61. The number of hydrogen-bond acceptors (Lipinski definition) is 3. The highest BCUT2D eigenvalue weighted by molar-refractivity contribution is 5.74. The molecule has 1 heterocycles. The van der Waals surface area contributed by atoms with E-state index in [2.05, 4.69) is 5.32 Å². The number of amides is 2. The zero-order chi connectivity index (χ0) is 15.0. The van der Waals surface area contributed by atoms with Crippen LogP contribution in [0.3, 0.4) is 0 Å². The fourth-order valence-corrected chi connectivity index (χ4v) is 2.29. The van der Waals surface area contributed by atoms with Gasteiger partial charge in [-0.1, -0.05) is 0 Å². The number of carbonyl (C=O) groups excluding carboxylic acids is 1. The number of carbonyl (C=O) groups is 2. The highest BCUT2D eigenvalue weighted by Crippen LogP contribution is 2.13. The molecule has 0 aliphatic carbocycles. The summed E-state index contributed by atoms with van der Waals surface area (Å²) >= 11 is 0. The first-order valence-electron chi connectivity index (χ1n) is 7.34. The Hall–Kier alpha value is -1.30. The standard InChI is InChI=1S/C14H26N2O4/c1-11(6-5-8-13(17)18)15-14(19)16(2)10-12-7-3-4-9-20-12/h11-12H,3-10H2,1-2H3,(H,15,19)(H,17,18). The van der Waals surface area contributed by atoms with Crippen LogP contribution in [0.4, 0.5) is 4.79 Å². The minimum Gasteiger partial charge on any atom is -0.481 e. The maximum atomic E-state index is 12.0. The molecule has 0 radical (unpaired) electrons. The van der Waals surface area contributed by atoms with Crippen molar-refractivity contribution in [2.75, 3.05) is 20.2 Å². The monoisotopic (exact) mass is 286 g/mol. The van der Waals surface area contributed by atoms with Crippen LogP contribution in [0.15, 0.2) is 0 Å². The Labute approximate surface area is 120 Å². The lowest BCUT2D eigenvalue weighted by atomic mass is 10.1. The van der Waals surface area contributed by atoms with Crippen LogP contribution in [0.2, 0.25) is 0 Å². The van der Waals surface area contributed by atoms with E-state index in [0.29, 0.717) is 19.4 Å². The molecule has 0 aromatic rings. The van der Waals surface area contributed by atoms with Gasteiger partial charge in [0, 0.05) is 32.7 Å². The lowest BCUT2D eigenvalue weighted by Gasteiger charge is -2.28. The lowest BCUT2D eigenvalue weighted by Crippen LogP contribution is -2.45. The van der Waals surface area contributed by atoms with Crippen LogP contribution in [-0.2, 0) is 9.53 Å². The molecule has 2 unspecified atom stereocenters.